The highest BCUT2D eigenvalue weighted by atomic mass is 32.1. The Labute approximate surface area is 203 Å². The first-order valence-electron chi connectivity index (χ1n) is 11.9. The van der Waals surface area contributed by atoms with Crippen molar-refractivity contribution < 1.29 is 9.53 Å². The number of ether oxygens (including phenoxy) is 1. The smallest absolute Gasteiger partial charge is 0.338 e. The molecule has 1 aliphatic rings. The van der Waals surface area contributed by atoms with Crippen LogP contribution in [-0.4, -0.2) is 22.1 Å². The summed E-state index contributed by atoms with van der Waals surface area (Å²) in [4.78, 5) is 33.5. The van der Waals surface area contributed by atoms with Crippen LogP contribution in [0.5, 0.6) is 0 Å². The standard InChI is InChI=1S/C28H28N2O3S/c1-3-14-33-28(32)21-11-7-9-19(16-21)17-30-25(20-10-6-8-18(2)15-20)29-26-24(27(30)31)22-12-4-5-13-23(22)34-26/h6-11,15-16H,3-5,12-14,17H2,1-2H3. The molecule has 0 atom stereocenters. The largest absolute Gasteiger partial charge is 0.462 e. The van der Waals surface area contributed by atoms with Crippen molar-refractivity contribution in [1.82, 2.24) is 9.55 Å². The highest BCUT2D eigenvalue weighted by Crippen LogP contribution is 2.35. The molecule has 1 aliphatic carbocycles. The fourth-order valence-electron chi connectivity index (χ4n) is 4.65. The van der Waals surface area contributed by atoms with Gasteiger partial charge in [0.25, 0.3) is 5.56 Å². The van der Waals surface area contributed by atoms with E-state index in [1.165, 1.54) is 16.9 Å². The lowest BCUT2D eigenvalue weighted by molar-refractivity contribution is 0.0505. The van der Waals surface area contributed by atoms with Crippen LogP contribution in [0.2, 0.25) is 0 Å². The van der Waals surface area contributed by atoms with Crippen LogP contribution in [0, 0.1) is 6.92 Å². The van der Waals surface area contributed by atoms with Crippen LogP contribution in [0.3, 0.4) is 0 Å². The minimum absolute atomic E-state index is 0.000122. The molecule has 174 valence electrons. The van der Waals surface area contributed by atoms with E-state index in [2.05, 4.69) is 6.07 Å². The van der Waals surface area contributed by atoms with Gasteiger partial charge >= 0.3 is 5.97 Å². The maximum atomic E-state index is 13.9. The van der Waals surface area contributed by atoms with Crippen molar-refractivity contribution in [2.75, 3.05) is 6.61 Å². The van der Waals surface area contributed by atoms with Gasteiger partial charge in [0.05, 0.1) is 24.1 Å². The molecule has 0 unspecified atom stereocenters. The van der Waals surface area contributed by atoms with Crippen LogP contribution in [-0.2, 0) is 24.1 Å². The lowest BCUT2D eigenvalue weighted by atomic mass is 9.97. The Morgan fingerprint density at radius 2 is 1.94 bits per heavy atom. The average molecular weight is 473 g/mol. The summed E-state index contributed by atoms with van der Waals surface area (Å²) in [6, 6.07) is 15.5. The Morgan fingerprint density at radius 3 is 2.76 bits per heavy atom. The quantitative estimate of drug-likeness (QED) is 0.327. The predicted octanol–water partition coefficient (Wildman–Crippen LogP) is 5.93. The summed E-state index contributed by atoms with van der Waals surface area (Å²) in [6.07, 6.45) is 5.02. The van der Waals surface area contributed by atoms with Gasteiger partial charge in [0, 0.05) is 10.4 Å². The van der Waals surface area contributed by atoms with Crippen molar-refractivity contribution >= 4 is 27.5 Å². The summed E-state index contributed by atoms with van der Waals surface area (Å²) in [5.74, 6) is 0.328. The van der Waals surface area contributed by atoms with Crippen molar-refractivity contribution in [3.05, 3.63) is 86.0 Å². The fourth-order valence-corrected chi connectivity index (χ4v) is 5.90. The molecule has 0 saturated carbocycles. The summed E-state index contributed by atoms with van der Waals surface area (Å²) in [6.45, 7) is 4.74. The average Bonchev–Trinajstić information content (AvgIpc) is 3.23. The molecule has 2 aromatic carbocycles. The predicted molar refractivity (Wildman–Crippen MR) is 137 cm³/mol. The van der Waals surface area contributed by atoms with Crippen molar-refractivity contribution in [1.29, 1.82) is 0 Å². The van der Waals surface area contributed by atoms with Gasteiger partial charge in [-0.3, -0.25) is 9.36 Å². The van der Waals surface area contributed by atoms with E-state index in [1.54, 1.807) is 22.0 Å². The zero-order valence-electron chi connectivity index (χ0n) is 19.6. The number of esters is 1. The summed E-state index contributed by atoms with van der Waals surface area (Å²) in [5, 5.41) is 0.773. The van der Waals surface area contributed by atoms with E-state index in [1.807, 2.05) is 50.2 Å². The topological polar surface area (TPSA) is 61.2 Å². The molecule has 2 heterocycles. The Morgan fingerprint density at radius 1 is 1.12 bits per heavy atom. The third-order valence-electron chi connectivity index (χ3n) is 6.29. The molecule has 5 nitrogen and oxygen atoms in total. The molecule has 4 aromatic rings. The second kappa shape index (κ2) is 9.55. The van der Waals surface area contributed by atoms with Crippen molar-refractivity contribution in [2.24, 2.45) is 0 Å². The van der Waals surface area contributed by atoms with E-state index in [0.29, 0.717) is 24.5 Å². The van der Waals surface area contributed by atoms with Crippen molar-refractivity contribution in [3.63, 3.8) is 0 Å². The number of thiophene rings is 1. The second-order valence-electron chi connectivity index (χ2n) is 8.92. The maximum absolute atomic E-state index is 13.9. The van der Waals surface area contributed by atoms with Crippen LogP contribution >= 0.6 is 11.3 Å². The molecule has 0 spiro atoms. The number of aromatic nitrogens is 2. The number of rotatable bonds is 6. The van der Waals surface area contributed by atoms with Crippen LogP contribution in [0.15, 0.2) is 53.3 Å². The van der Waals surface area contributed by atoms with E-state index in [0.717, 1.165) is 52.6 Å². The molecule has 5 rings (SSSR count). The lowest BCUT2D eigenvalue weighted by Gasteiger charge is -2.15. The van der Waals surface area contributed by atoms with Crippen LogP contribution in [0.25, 0.3) is 21.6 Å². The first-order chi connectivity index (χ1) is 16.5. The maximum Gasteiger partial charge on any atom is 0.338 e. The Balaban J connectivity index is 1.65. The van der Waals surface area contributed by atoms with Gasteiger partial charge in [-0.1, -0.05) is 42.8 Å². The monoisotopic (exact) mass is 472 g/mol. The van der Waals surface area contributed by atoms with E-state index in [4.69, 9.17) is 9.72 Å². The first kappa shape index (κ1) is 22.5. The Hall–Kier alpha value is -3.25. The fraction of sp³-hybridized carbons (Fsp3) is 0.321. The number of nitrogens with zero attached hydrogens (tertiary/aromatic N) is 2. The molecule has 0 aliphatic heterocycles. The van der Waals surface area contributed by atoms with Gasteiger partial charge in [-0.2, -0.15) is 0 Å². The van der Waals surface area contributed by atoms with Gasteiger partial charge in [-0.05, 0) is 68.4 Å². The summed E-state index contributed by atoms with van der Waals surface area (Å²) in [5.41, 5.74) is 4.59. The van der Waals surface area contributed by atoms with E-state index in [-0.39, 0.29) is 11.5 Å². The van der Waals surface area contributed by atoms with Crippen LogP contribution in [0.4, 0.5) is 0 Å². The molecular formula is C28H28N2O3S. The van der Waals surface area contributed by atoms with Crippen molar-refractivity contribution in [3.8, 4) is 11.4 Å². The minimum Gasteiger partial charge on any atom is -0.462 e. The number of aryl methyl sites for hydroxylation is 3. The molecule has 0 radical (unpaired) electrons. The first-order valence-corrected chi connectivity index (χ1v) is 12.7. The van der Waals surface area contributed by atoms with Gasteiger partial charge in [-0.15, -0.1) is 11.3 Å². The molecule has 0 N–H and O–H groups in total. The zero-order valence-corrected chi connectivity index (χ0v) is 20.4. The molecule has 34 heavy (non-hydrogen) atoms. The minimum atomic E-state index is -0.338. The van der Waals surface area contributed by atoms with Gasteiger partial charge in [-0.25, -0.2) is 9.78 Å². The van der Waals surface area contributed by atoms with E-state index < -0.39 is 0 Å². The summed E-state index contributed by atoms with van der Waals surface area (Å²) >= 11 is 1.67. The zero-order chi connectivity index (χ0) is 23.7. The number of benzene rings is 2. The Kier molecular flexibility index (Phi) is 6.33. The van der Waals surface area contributed by atoms with Crippen molar-refractivity contribution in [2.45, 2.75) is 52.5 Å². The van der Waals surface area contributed by atoms with Crippen LogP contribution in [0.1, 0.15) is 58.1 Å². The molecule has 0 bridgehead atoms. The number of carbonyl (C=O) groups excluding carboxylic acids is 1. The number of carbonyl (C=O) groups is 1. The highest BCUT2D eigenvalue weighted by Gasteiger charge is 2.23. The van der Waals surface area contributed by atoms with E-state index in [9.17, 15) is 9.59 Å². The number of hydrogen-bond donors (Lipinski definition) is 0. The molecule has 2 aromatic heterocycles. The molecule has 6 heteroatoms. The molecule has 0 fully saturated rings. The molecular weight excluding hydrogens is 444 g/mol. The van der Waals surface area contributed by atoms with Crippen LogP contribution < -0.4 is 5.56 Å². The highest BCUT2D eigenvalue weighted by molar-refractivity contribution is 7.18. The molecule has 0 saturated heterocycles. The normalized spacial score (nSPS) is 13.1. The Bertz CT molecular complexity index is 1430. The van der Waals surface area contributed by atoms with Gasteiger partial charge in [0.1, 0.15) is 10.7 Å². The number of fused-ring (bicyclic) bond motifs is 3. The second-order valence-corrected chi connectivity index (χ2v) is 10.0. The number of hydrogen-bond acceptors (Lipinski definition) is 5. The molecule has 0 amide bonds. The van der Waals surface area contributed by atoms with E-state index >= 15 is 0 Å². The van der Waals surface area contributed by atoms with Gasteiger partial charge in [0.15, 0.2) is 0 Å². The lowest BCUT2D eigenvalue weighted by Crippen LogP contribution is -2.24. The van der Waals surface area contributed by atoms with Gasteiger partial charge < -0.3 is 4.74 Å². The third kappa shape index (κ3) is 4.30. The third-order valence-corrected chi connectivity index (χ3v) is 7.48. The van der Waals surface area contributed by atoms with Gasteiger partial charge in [0.2, 0.25) is 0 Å². The summed E-state index contributed by atoms with van der Waals surface area (Å²) in [7, 11) is 0. The SMILES string of the molecule is CCCOC(=O)c1cccc(Cn2c(-c3cccc(C)c3)nc3sc4c(c3c2=O)CCCC4)c1. The summed E-state index contributed by atoms with van der Waals surface area (Å²) < 4.78 is 7.08.